The monoisotopic (exact) mass is 348 g/mol. The maximum Gasteiger partial charge on any atom is 0.164 e. The molecule has 0 N–H and O–H groups in total. The SMILES string of the molecule is c1ccc(-c2nn(-c3ccccc3)c3nc(-c4cccnc4)ccc23)cc1. The molecular formula is C23H16N4. The Morgan fingerprint density at radius 1 is 0.667 bits per heavy atom. The first kappa shape index (κ1) is 15.5. The van der Waals surface area contributed by atoms with E-state index in [1.54, 1.807) is 6.20 Å². The van der Waals surface area contributed by atoms with Crippen LogP contribution in [0.25, 0.3) is 39.2 Å². The third kappa shape index (κ3) is 2.77. The number of benzene rings is 2. The van der Waals surface area contributed by atoms with E-state index in [4.69, 9.17) is 10.1 Å². The molecule has 0 saturated heterocycles. The summed E-state index contributed by atoms with van der Waals surface area (Å²) in [5.74, 6) is 0. The van der Waals surface area contributed by atoms with Crippen molar-refractivity contribution in [3.8, 4) is 28.2 Å². The van der Waals surface area contributed by atoms with Gasteiger partial charge in [-0.3, -0.25) is 4.98 Å². The molecule has 2 aromatic carbocycles. The smallest absolute Gasteiger partial charge is 0.164 e. The normalized spacial score (nSPS) is 11.0. The predicted octanol–water partition coefficient (Wildman–Crippen LogP) is 5.15. The van der Waals surface area contributed by atoms with Crippen molar-refractivity contribution in [1.29, 1.82) is 0 Å². The first-order chi connectivity index (χ1) is 13.4. The van der Waals surface area contributed by atoms with Gasteiger partial charge in [-0.05, 0) is 36.4 Å². The molecule has 0 aliphatic rings. The Labute approximate surface area is 156 Å². The topological polar surface area (TPSA) is 43.6 Å². The highest BCUT2D eigenvalue weighted by Gasteiger charge is 2.15. The van der Waals surface area contributed by atoms with Crippen LogP contribution in [0.3, 0.4) is 0 Å². The Balaban J connectivity index is 1.79. The van der Waals surface area contributed by atoms with Gasteiger partial charge >= 0.3 is 0 Å². The van der Waals surface area contributed by atoms with Gasteiger partial charge in [0.05, 0.1) is 11.4 Å². The van der Waals surface area contributed by atoms with Gasteiger partial charge < -0.3 is 0 Å². The fraction of sp³-hybridized carbons (Fsp3) is 0. The van der Waals surface area contributed by atoms with E-state index in [9.17, 15) is 0 Å². The molecule has 0 radical (unpaired) electrons. The average Bonchev–Trinajstić information content (AvgIpc) is 3.14. The highest BCUT2D eigenvalue weighted by molar-refractivity contribution is 5.93. The van der Waals surface area contributed by atoms with Crippen LogP contribution in [0.5, 0.6) is 0 Å². The minimum Gasteiger partial charge on any atom is -0.264 e. The Hall–Kier alpha value is -3.79. The van der Waals surface area contributed by atoms with Crippen LogP contribution in [0.2, 0.25) is 0 Å². The molecule has 0 aliphatic carbocycles. The fourth-order valence-corrected chi connectivity index (χ4v) is 3.23. The summed E-state index contributed by atoms with van der Waals surface area (Å²) < 4.78 is 1.91. The van der Waals surface area contributed by atoms with Crippen LogP contribution in [0.1, 0.15) is 0 Å². The molecule has 4 nitrogen and oxygen atoms in total. The zero-order chi connectivity index (χ0) is 18.1. The molecule has 128 valence electrons. The molecule has 3 aromatic heterocycles. The highest BCUT2D eigenvalue weighted by atomic mass is 15.3. The molecule has 5 aromatic rings. The molecular weight excluding hydrogens is 332 g/mol. The minimum atomic E-state index is 0.835. The summed E-state index contributed by atoms with van der Waals surface area (Å²) in [6.45, 7) is 0. The van der Waals surface area contributed by atoms with Crippen molar-refractivity contribution in [2.45, 2.75) is 0 Å². The van der Waals surface area contributed by atoms with Crippen LogP contribution < -0.4 is 0 Å². The van der Waals surface area contributed by atoms with Crippen molar-refractivity contribution < 1.29 is 0 Å². The van der Waals surface area contributed by atoms with Crippen molar-refractivity contribution >= 4 is 11.0 Å². The molecule has 0 saturated carbocycles. The molecule has 0 fully saturated rings. The van der Waals surface area contributed by atoms with Gasteiger partial charge in [0.2, 0.25) is 0 Å². The van der Waals surface area contributed by atoms with Gasteiger partial charge in [0.1, 0.15) is 5.69 Å². The molecule has 0 unspecified atom stereocenters. The number of pyridine rings is 2. The van der Waals surface area contributed by atoms with Crippen LogP contribution in [0, 0.1) is 0 Å². The highest BCUT2D eigenvalue weighted by Crippen LogP contribution is 2.30. The van der Waals surface area contributed by atoms with E-state index in [2.05, 4.69) is 23.2 Å². The standard InChI is InChI=1S/C23H16N4/c1-3-8-17(9-4-1)22-20-13-14-21(18-10-7-15-24-16-18)25-23(20)27(26-22)19-11-5-2-6-12-19/h1-16H. The molecule has 4 heteroatoms. The summed E-state index contributed by atoms with van der Waals surface area (Å²) in [6.07, 6.45) is 3.60. The van der Waals surface area contributed by atoms with E-state index in [0.717, 1.165) is 39.2 Å². The first-order valence-corrected chi connectivity index (χ1v) is 8.81. The molecule has 27 heavy (non-hydrogen) atoms. The summed E-state index contributed by atoms with van der Waals surface area (Å²) in [6, 6.07) is 28.4. The second-order valence-electron chi connectivity index (χ2n) is 6.27. The third-order valence-corrected chi connectivity index (χ3v) is 4.54. The van der Waals surface area contributed by atoms with Crippen LogP contribution in [-0.2, 0) is 0 Å². The van der Waals surface area contributed by atoms with Gasteiger partial charge in [-0.15, -0.1) is 0 Å². The number of hydrogen-bond donors (Lipinski definition) is 0. The third-order valence-electron chi connectivity index (χ3n) is 4.54. The number of rotatable bonds is 3. The zero-order valence-corrected chi connectivity index (χ0v) is 14.5. The minimum absolute atomic E-state index is 0.835. The van der Waals surface area contributed by atoms with E-state index in [1.165, 1.54) is 0 Å². The summed E-state index contributed by atoms with van der Waals surface area (Å²) in [4.78, 5) is 9.14. The van der Waals surface area contributed by atoms with Gasteiger partial charge in [0.25, 0.3) is 0 Å². The van der Waals surface area contributed by atoms with Crippen LogP contribution in [-0.4, -0.2) is 19.7 Å². The predicted molar refractivity (Wildman–Crippen MR) is 108 cm³/mol. The molecule has 0 atom stereocenters. The van der Waals surface area contributed by atoms with Gasteiger partial charge in [-0.1, -0.05) is 48.5 Å². The van der Waals surface area contributed by atoms with E-state index >= 15 is 0 Å². The van der Waals surface area contributed by atoms with Crippen LogP contribution in [0.4, 0.5) is 0 Å². The maximum absolute atomic E-state index is 4.93. The summed E-state index contributed by atoms with van der Waals surface area (Å²) in [5, 5.41) is 5.93. The number of para-hydroxylation sites is 1. The van der Waals surface area contributed by atoms with E-state index in [1.807, 2.05) is 77.6 Å². The number of fused-ring (bicyclic) bond motifs is 1. The van der Waals surface area contributed by atoms with Crippen molar-refractivity contribution in [3.05, 3.63) is 97.3 Å². The van der Waals surface area contributed by atoms with Crippen LogP contribution >= 0.6 is 0 Å². The Morgan fingerprint density at radius 2 is 1.41 bits per heavy atom. The number of aromatic nitrogens is 4. The lowest BCUT2D eigenvalue weighted by Crippen LogP contribution is -1.98. The first-order valence-electron chi connectivity index (χ1n) is 8.81. The summed E-state index contributed by atoms with van der Waals surface area (Å²) >= 11 is 0. The lowest BCUT2D eigenvalue weighted by atomic mass is 10.1. The van der Waals surface area contributed by atoms with E-state index < -0.39 is 0 Å². The quantitative estimate of drug-likeness (QED) is 0.453. The Kier molecular flexibility index (Phi) is 3.72. The zero-order valence-electron chi connectivity index (χ0n) is 14.5. The van der Waals surface area contributed by atoms with E-state index in [0.29, 0.717) is 0 Å². The van der Waals surface area contributed by atoms with Gasteiger partial charge in [-0.2, -0.15) is 5.10 Å². The van der Waals surface area contributed by atoms with Crippen molar-refractivity contribution in [2.24, 2.45) is 0 Å². The van der Waals surface area contributed by atoms with Gasteiger partial charge in [-0.25, -0.2) is 9.67 Å². The second kappa shape index (κ2) is 6.50. The Morgan fingerprint density at radius 3 is 2.15 bits per heavy atom. The Bertz CT molecular complexity index is 1200. The van der Waals surface area contributed by atoms with Crippen molar-refractivity contribution in [2.75, 3.05) is 0 Å². The van der Waals surface area contributed by atoms with Crippen LogP contribution in [0.15, 0.2) is 97.3 Å². The molecule has 0 spiro atoms. The van der Waals surface area contributed by atoms with E-state index in [-0.39, 0.29) is 0 Å². The number of hydrogen-bond acceptors (Lipinski definition) is 3. The molecule has 0 bridgehead atoms. The lowest BCUT2D eigenvalue weighted by molar-refractivity contribution is 0.901. The second-order valence-corrected chi connectivity index (χ2v) is 6.27. The lowest BCUT2D eigenvalue weighted by Gasteiger charge is -2.04. The molecule has 0 aliphatic heterocycles. The molecule has 3 heterocycles. The molecule has 5 rings (SSSR count). The van der Waals surface area contributed by atoms with Crippen molar-refractivity contribution in [3.63, 3.8) is 0 Å². The maximum atomic E-state index is 4.93. The number of nitrogens with zero attached hydrogens (tertiary/aromatic N) is 4. The van der Waals surface area contributed by atoms with Crippen molar-refractivity contribution in [1.82, 2.24) is 19.7 Å². The van der Waals surface area contributed by atoms with Gasteiger partial charge in [0, 0.05) is 28.9 Å². The average molecular weight is 348 g/mol. The largest absolute Gasteiger partial charge is 0.264 e. The summed E-state index contributed by atoms with van der Waals surface area (Å²) in [5.41, 5.74) is 5.70. The molecule has 0 amide bonds. The summed E-state index contributed by atoms with van der Waals surface area (Å²) in [7, 11) is 0. The van der Waals surface area contributed by atoms with Gasteiger partial charge in [0.15, 0.2) is 5.65 Å². The fourth-order valence-electron chi connectivity index (χ4n) is 3.23.